The first-order valence-corrected chi connectivity index (χ1v) is 7.91. The Morgan fingerprint density at radius 2 is 1.84 bits per heavy atom. The molecule has 0 radical (unpaired) electrons. The van der Waals surface area contributed by atoms with E-state index in [-0.39, 0.29) is 0 Å². The van der Waals surface area contributed by atoms with Gasteiger partial charge in [0.15, 0.2) is 0 Å². The molecule has 104 valence electrons. The lowest BCUT2D eigenvalue weighted by molar-refractivity contribution is 0.219. The van der Waals surface area contributed by atoms with Gasteiger partial charge in [0.2, 0.25) is 0 Å². The van der Waals surface area contributed by atoms with Gasteiger partial charge in [-0.1, -0.05) is 32.0 Å². The van der Waals surface area contributed by atoms with Crippen molar-refractivity contribution in [2.45, 2.75) is 45.1 Å². The van der Waals surface area contributed by atoms with Crippen LogP contribution in [-0.4, -0.2) is 37.1 Å². The van der Waals surface area contributed by atoms with Crippen LogP contribution in [0.4, 0.5) is 5.69 Å². The molecule has 1 unspecified atom stereocenters. The van der Waals surface area contributed by atoms with Gasteiger partial charge in [0.25, 0.3) is 0 Å². The fourth-order valence-electron chi connectivity index (χ4n) is 3.77. The van der Waals surface area contributed by atoms with Gasteiger partial charge in [0, 0.05) is 37.3 Å². The van der Waals surface area contributed by atoms with Crippen LogP contribution in [0.1, 0.15) is 44.6 Å². The number of hydrogen-bond acceptors (Lipinski definition) is 2. The molecule has 3 rings (SSSR count). The van der Waals surface area contributed by atoms with Crippen molar-refractivity contribution >= 4 is 5.69 Å². The van der Waals surface area contributed by atoms with Gasteiger partial charge in [-0.2, -0.15) is 0 Å². The van der Waals surface area contributed by atoms with E-state index in [4.69, 9.17) is 0 Å². The van der Waals surface area contributed by atoms with E-state index in [1.807, 2.05) is 0 Å². The van der Waals surface area contributed by atoms with E-state index in [0.717, 1.165) is 12.0 Å². The van der Waals surface area contributed by atoms with Gasteiger partial charge in [-0.05, 0) is 37.4 Å². The third-order valence-electron chi connectivity index (χ3n) is 5.04. The second-order valence-electron chi connectivity index (χ2n) is 5.98. The molecule has 0 N–H and O–H groups in total. The zero-order chi connectivity index (χ0) is 13.2. The average molecular weight is 258 g/mol. The van der Waals surface area contributed by atoms with Gasteiger partial charge in [-0.3, -0.25) is 0 Å². The summed E-state index contributed by atoms with van der Waals surface area (Å²) in [6.45, 7) is 9.60. The zero-order valence-electron chi connectivity index (χ0n) is 12.3. The molecule has 0 saturated carbocycles. The van der Waals surface area contributed by atoms with Crippen LogP contribution in [0.2, 0.25) is 0 Å². The number of nitrogens with zero attached hydrogens (tertiary/aromatic N) is 2. The van der Waals surface area contributed by atoms with Gasteiger partial charge in [-0.25, -0.2) is 0 Å². The highest BCUT2D eigenvalue weighted by atomic mass is 15.2. The summed E-state index contributed by atoms with van der Waals surface area (Å²) in [6, 6.07) is 9.83. The van der Waals surface area contributed by atoms with Gasteiger partial charge >= 0.3 is 0 Å². The summed E-state index contributed by atoms with van der Waals surface area (Å²) in [5.41, 5.74) is 3.10. The Bertz CT molecular complexity index is 421. The van der Waals surface area contributed by atoms with Crippen LogP contribution in [0.5, 0.6) is 0 Å². The van der Waals surface area contributed by atoms with Crippen molar-refractivity contribution in [3.63, 3.8) is 0 Å². The predicted octanol–water partition coefficient (Wildman–Crippen LogP) is 3.48. The third kappa shape index (κ3) is 2.38. The normalized spacial score (nSPS) is 24.7. The number of benzene rings is 1. The molecule has 1 fully saturated rings. The molecule has 0 aromatic heterocycles. The molecule has 1 saturated heterocycles. The van der Waals surface area contributed by atoms with Gasteiger partial charge < -0.3 is 9.80 Å². The van der Waals surface area contributed by atoms with Crippen molar-refractivity contribution in [3.05, 3.63) is 29.8 Å². The van der Waals surface area contributed by atoms with Gasteiger partial charge in [-0.15, -0.1) is 0 Å². The number of hydrogen-bond donors (Lipinski definition) is 0. The van der Waals surface area contributed by atoms with Gasteiger partial charge in [0.05, 0.1) is 0 Å². The molecule has 2 nitrogen and oxygen atoms in total. The molecule has 2 heterocycles. The number of piperidine rings is 1. The Balaban J connectivity index is 1.76. The lowest BCUT2D eigenvalue weighted by Gasteiger charge is -2.38. The van der Waals surface area contributed by atoms with E-state index in [1.165, 1.54) is 51.1 Å². The van der Waals surface area contributed by atoms with Crippen molar-refractivity contribution in [2.75, 3.05) is 31.1 Å². The summed E-state index contributed by atoms with van der Waals surface area (Å²) in [5.74, 6) is 0.750. The highest BCUT2D eigenvalue weighted by Gasteiger charge is 2.32. The maximum atomic E-state index is 2.70. The average Bonchev–Trinajstić information content (AvgIpc) is 2.86. The van der Waals surface area contributed by atoms with E-state index >= 15 is 0 Å². The Morgan fingerprint density at radius 1 is 1.11 bits per heavy atom. The minimum absolute atomic E-state index is 0.750. The lowest BCUT2D eigenvalue weighted by Crippen LogP contribution is -2.44. The van der Waals surface area contributed by atoms with E-state index in [2.05, 4.69) is 47.9 Å². The lowest BCUT2D eigenvalue weighted by atomic mass is 9.99. The first kappa shape index (κ1) is 13.0. The molecule has 0 bridgehead atoms. The number of rotatable bonds is 3. The molecule has 0 spiro atoms. The fraction of sp³-hybridized carbons (Fsp3) is 0.647. The van der Waals surface area contributed by atoms with Crippen LogP contribution in [0, 0.1) is 0 Å². The van der Waals surface area contributed by atoms with Crippen LogP contribution >= 0.6 is 0 Å². The Morgan fingerprint density at radius 3 is 2.53 bits per heavy atom. The minimum Gasteiger partial charge on any atom is -0.368 e. The molecule has 1 aromatic rings. The summed E-state index contributed by atoms with van der Waals surface area (Å²) >= 11 is 0. The van der Waals surface area contributed by atoms with Crippen molar-refractivity contribution in [1.29, 1.82) is 0 Å². The molecule has 0 amide bonds. The minimum atomic E-state index is 0.750. The van der Waals surface area contributed by atoms with Crippen LogP contribution < -0.4 is 4.90 Å². The summed E-state index contributed by atoms with van der Waals surface area (Å²) < 4.78 is 0. The Kier molecular flexibility index (Phi) is 3.79. The first-order chi connectivity index (χ1) is 9.33. The summed E-state index contributed by atoms with van der Waals surface area (Å²) in [7, 11) is 0. The van der Waals surface area contributed by atoms with Crippen molar-refractivity contribution in [3.8, 4) is 0 Å². The summed E-state index contributed by atoms with van der Waals surface area (Å²) in [5, 5.41) is 0. The number of anilines is 1. The maximum Gasteiger partial charge on any atom is 0.0405 e. The SMILES string of the molecule is CCC1CN(C2CCN(CC)CC2)c2ccccc21. The molecule has 2 aliphatic rings. The molecular formula is C17H26N2. The Labute approximate surface area is 117 Å². The van der Waals surface area contributed by atoms with E-state index in [1.54, 1.807) is 5.56 Å². The van der Waals surface area contributed by atoms with Crippen molar-refractivity contribution < 1.29 is 0 Å². The molecule has 2 aliphatic heterocycles. The molecule has 1 atom stereocenters. The maximum absolute atomic E-state index is 2.70. The summed E-state index contributed by atoms with van der Waals surface area (Å²) in [6.07, 6.45) is 3.93. The third-order valence-corrected chi connectivity index (χ3v) is 5.04. The molecule has 1 aromatic carbocycles. The number of para-hydroxylation sites is 1. The highest BCUT2D eigenvalue weighted by Crippen LogP contribution is 2.40. The Hall–Kier alpha value is -1.02. The van der Waals surface area contributed by atoms with Gasteiger partial charge in [0.1, 0.15) is 0 Å². The zero-order valence-corrected chi connectivity index (χ0v) is 12.3. The monoisotopic (exact) mass is 258 g/mol. The fourth-order valence-corrected chi connectivity index (χ4v) is 3.77. The quantitative estimate of drug-likeness (QED) is 0.819. The van der Waals surface area contributed by atoms with Crippen LogP contribution in [0.25, 0.3) is 0 Å². The smallest absolute Gasteiger partial charge is 0.0405 e. The first-order valence-electron chi connectivity index (χ1n) is 7.91. The molecule has 2 heteroatoms. The van der Waals surface area contributed by atoms with E-state index in [9.17, 15) is 0 Å². The van der Waals surface area contributed by atoms with E-state index < -0.39 is 0 Å². The highest BCUT2D eigenvalue weighted by molar-refractivity contribution is 5.60. The second-order valence-corrected chi connectivity index (χ2v) is 5.98. The standard InChI is InChI=1S/C17H26N2/c1-3-14-13-19(17-8-6-5-7-16(14)17)15-9-11-18(4-2)12-10-15/h5-8,14-15H,3-4,9-13H2,1-2H3. The van der Waals surface area contributed by atoms with Crippen molar-refractivity contribution in [2.24, 2.45) is 0 Å². The van der Waals surface area contributed by atoms with Crippen LogP contribution in [0.15, 0.2) is 24.3 Å². The van der Waals surface area contributed by atoms with Crippen LogP contribution in [0.3, 0.4) is 0 Å². The number of fused-ring (bicyclic) bond motifs is 1. The van der Waals surface area contributed by atoms with Crippen LogP contribution in [-0.2, 0) is 0 Å². The topological polar surface area (TPSA) is 6.48 Å². The van der Waals surface area contributed by atoms with Crippen molar-refractivity contribution in [1.82, 2.24) is 4.90 Å². The molecular weight excluding hydrogens is 232 g/mol. The summed E-state index contributed by atoms with van der Waals surface area (Å²) in [4.78, 5) is 5.28. The second kappa shape index (κ2) is 5.54. The number of likely N-dealkylation sites (tertiary alicyclic amines) is 1. The predicted molar refractivity (Wildman–Crippen MR) is 82.0 cm³/mol. The molecule has 0 aliphatic carbocycles. The largest absolute Gasteiger partial charge is 0.368 e. The van der Waals surface area contributed by atoms with E-state index in [0.29, 0.717) is 0 Å². The molecule has 19 heavy (non-hydrogen) atoms.